The SMILES string of the molecule is CCC/C=C/c1cc(F)cc(OCC(=O)NCC2CCCO2)c1. The van der Waals surface area contributed by atoms with Crippen LogP contribution in [0.4, 0.5) is 4.39 Å². The predicted molar refractivity (Wildman–Crippen MR) is 87.8 cm³/mol. The summed E-state index contributed by atoms with van der Waals surface area (Å²) in [7, 11) is 0. The molecule has 2 rings (SSSR count). The molecule has 4 nitrogen and oxygen atoms in total. The highest BCUT2D eigenvalue weighted by Crippen LogP contribution is 2.18. The van der Waals surface area contributed by atoms with Crippen molar-refractivity contribution in [2.75, 3.05) is 19.8 Å². The van der Waals surface area contributed by atoms with Gasteiger partial charge in [0.2, 0.25) is 0 Å². The molecule has 126 valence electrons. The summed E-state index contributed by atoms with van der Waals surface area (Å²) < 4.78 is 24.4. The summed E-state index contributed by atoms with van der Waals surface area (Å²) in [6.45, 7) is 3.21. The maximum Gasteiger partial charge on any atom is 0.258 e. The number of amides is 1. The molecule has 0 saturated carbocycles. The second kappa shape index (κ2) is 9.30. The lowest BCUT2D eigenvalue weighted by atomic mass is 10.1. The van der Waals surface area contributed by atoms with E-state index in [1.807, 2.05) is 12.2 Å². The minimum atomic E-state index is -0.376. The molecule has 1 atom stereocenters. The van der Waals surface area contributed by atoms with Crippen molar-refractivity contribution in [3.63, 3.8) is 0 Å². The molecule has 1 aliphatic rings. The highest BCUT2D eigenvalue weighted by molar-refractivity contribution is 5.77. The van der Waals surface area contributed by atoms with Crippen LogP contribution in [0.15, 0.2) is 24.3 Å². The minimum absolute atomic E-state index is 0.100. The van der Waals surface area contributed by atoms with E-state index in [9.17, 15) is 9.18 Å². The molecule has 0 aliphatic carbocycles. The van der Waals surface area contributed by atoms with Gasteiger partial charge in [0.1, 0.15) is 11.6 Å². The third-order valence-electron chi connectivity index (χ3n) is 3.58. The van der Waals surface area contributed by atoms with Gasteiger partial charge in [0.25, 0.3) is 5.91 Å². The fraction of sp³-hybridized carbons (Fsp3) is 0.500. The molecule has 0 aromatic heterocycles. The quantitative estimate of drug-likeness (QED) is 0.799. The van der Waals surface area contributed by atoms with E-state index in [-0.39, 0.29) is 24.4 Å². The summed E-state index contributed by atoms with van der Waals surface area (Å²) in [6, 6.07) is 4.45. The number of allylic oxidation sites excluding steroid dienone is 1. The Morgan fingerprint density at radius 3 is 3.09 bits per heavy atom. The van der Waals surface area contributed by atoms with Crippen LogP contribution in [0, 0.1) is 5.82 Å². The van der Waals surface area contributed by atoms with Crippen LogP contribution in [0.3, 0.4) is 0 Å². The molecule has 1 aliphatic heterocycles. The lowest BCUT2D eigenvalue weighted by Crippen LogP contribution is -2.35. The molecule has 1 unspecified atom stereocenters. The molecule has 1 N–H and O–H groups in total. The largest absolute Gasteiger partial charge is 0.484 e. The van der Waals surface area contributed by atoms with Gasteiger partial charge in [-0.05, 0) is 37.0 Å². The summed E-state index contributed by atoms with van der Waals surface area (Å²) in [5.41, 5.74) is 0.730. The summed E-state index contributed by atoms with van der Waals surface area (Å²) in [4.78, 5) is 11.8. The van der Waals surface area contributed by atoms with Gasteiger partial charge in [0.15, 0.2) is 6.61 Å². The standard InChI is InChI=1S/C18H24FNO3/c1-2-3-4-6-14-9-15(19)11-17(10-14)23-13-18(21)20-12-16-7-5-8-22-16/h4,6,9-11,16H,2-3,5,7-8,12-13H2,1H3,(H,20,21)/b6-4+. The van der Waals surface area contributed by atoms with E-state index < -0.39 is 0 Å². The second-order valence-corrected chi connectivity index (χ2v) is 5.64. The lowest BCUT2D eigenvalue weighted by Gasteiger charge is -2.11. The Balaban J connectivity index is 1.80. The fourth-order valence-electron chi connectivity index (χ4n) is 2.38. The van der Waals surface area contributed by atoms with Crippen molar-refractivity contribution in [1.82, 2.24) is 5.32 Å². The zero-order valence-electron chi connectivity index (χ0n) is 13.5. The maximum absolute atomic E-state index is 13.6. The molecule has 0 spiro atoms. The number of rotatable bonds is 8. The topological polar surface area (TPSA) is 47.6 Å². The number of nitrogens with one attached hydrogen (secondary N) is 1. The summed E-state index contributed by atoms with van der Waals surface area (Å²) in [5.74, 6) is -0.250. The highest BCUT2D eigenvalue weighted by Gasteiger charge is 2.16. The number of carbonyl (C=O) groups is 1. The monoisotopic (exact) mass is 321 g/mol. The Labute approximate surface area is 136 Å². The average molecular weight is 321 g/mol. The molecule has 5 heteroatoms. The van der Waals surface area contributed by atoms with Crippen LogP contribution in [0.1, 0.15) is 38.2 Å². The van der Waals surface area contributed by atoms with Gasteiger partial charge in [0, 0.05) is 19.2 Å². The first-order valence-corrected chi connectivity index (χ1v) is 8.15. The molecule has 23 heavy (non-hydrogen) atoms. The van der Waals surface area contributed by atoms with Gasteiger partial charge in [-0.1, -0.05) is 25.5 Å². The Hall–Kier alpha value is -1.88. The minimum Gasteiger partial charge on any atom is -0.484 e. The van der Waals surface area contributed by atoms with E-state index in [2.05, 4.69) is 12.2 Å². The maximum atomic E-state index is 13.6. The summed E-state index contributed by atoms with van der Waals surface area (Å²) in [5, 5.41) is 2.77. The van der Waals surface area contributed by atoms with E-state index in [1.165, 1.54) is 12.1 Å². The molecular formula is C18H24FNO3. The molecular weight excluding hydrogens is 297 g/mol. The first kappa shape index (κ1) is 17.5. The third kappa shape index (κ3) is 6.40. The van der Waals surface area contributed by atoms with Crippen LogP contribution < -0.4 is 10.1 Å². The van der Waals surface area contributed by atoms with E-state index in [4.69, 9.17) is 9.47 Å². The van der Waals surface area contributed by atoms with E-state index in [1.54, 1.807) is 6.07 Å². The van der Waals surface area contributed by atoms with Crippen LogP contribution in [0.5, 0.6) is 5.75 Å². The molecule has 0 radical (unpaired) electrons. The first-order valence-electron chi connectivity index (χ1n) is 8.15. The number of carbonyl (C=O) groups excluding carboxylic acids is 1. The molecule has 1 saturated heterocycles. The Kier molecular flexibility index (Phi) is 7.07. The summed E-state index contributed by atoms with van der Waals surface area (Å²) in [6.07, 6.45) is 7.94. The van der Waals surface area contributed by atoms with Crippen LogP contribution in [-0.4, -0.2) is 31.8 Å². The summed E-state index contributed by atoms with van der Waals surface area (Å²) >= 11 is 0. The smallest absolute Gasteiger partial charge is 0.258 e. The van der Waals surface area contributed by atoms with Crippen LogP contribution in [0.25, 0.3) is 6.08 Å². The van der Waals surface area contributed by atoms with Gasteiger partial charge in [-0.2, -0.15) is 0 Å². The van der Waals surface area contributed by atoms with Crippen molar-refractivity contribution in [2.24, 2.45) is 0 Å². The average Bonchev–Trinajstić information content (AvgIpc) is 3.04. The van der Waals surface area contributed by atoms with Gasteiger partial charge in [-0.3, -0.25) is 4.79 Å². The highest BCUT2D eigenvalue weighted by atomic mass is 19.1. The van der Waals surface area contributed by atoms with Crippen molar-refractivity contribution in [1.29, 1.82) is 0 Å². The Morgan fingerprint density at radius 1 is 1.48 bits per heavy atom. The van der Waals surface area contributed by atoms with Gasteiger partial charge in [-0.25, -0.2) is 4.39 Å². The molecule has 1 aromatic rings. The van der Waals surface area contributed by atoms with Gasteiger partial charge in [0.05, 0.1) is 6.10 Å². The fourth-order valence-corrected chi connectivity index (χ4v) is 2.38. The van der Waals surface area contributed by atoms with Crippen molar-refractivity contribution in [3.8, 4) is 5.75 Å². The first-order chi connectivity index (χ1) is 11.2. The Bertz CT molecular complexity index is 539. The zero-order valence-corrected chi connectivity index (χ0v) is 13.5. The van der Waals surface area contributed by atoms with Crippen LogP contribution >= 0.6 is 0 Å². The van der Waals surface area contributed by atoms with Crippen molar-refractivity contribution < 1.29 is 18.7 Å². The zero-order chi connectivity index (χ0) is 16.5. The van der Waals surface area contributed by atoms with Crippen molar-refractivity contribution in [3.05, 3.63) is 35.7 Å². The number of halogens is 1. The van der Waals surface area contributed by atoms with E-state index in [0.717, 1.165) is 37.9 Å². The number of benzene rings is 1. The predicted octanol–water partition coefficient (Wildman–Crippen LogP) is 3.31. The number of unbranched alkanes of at least 4 members (excludes halogenated alkanes) is 1. The van der Waals surface area contributed by atoms with Crippen LogP contribution in [0.2, 0.25) is 0 Å². The van der Waals surface area contributed by atoms with Crippen molar-refractivity contribution >= 4 is 12.0 Å². The van der Waals surface area contributed by atoms with Crippen LogP contribution in [-0.2, 0) is 9.53 Å². The molecule has 1 amide bonds. The molecule has 1 heterocycles. The lowest BCUT2D eigenvalue weighted by molar-refractivity contribution is -0.123. The number of ether oxygens (including phenoxy) is 2. The van der Waals surface area contributed by atoms with Crippen molar-refractivity contribution in [2.45, 2.75) is 38.7 Å². The molecule has 1 fully saturated rings. The van der Waals surface area contributed by atoms with E-state index >= 15 is 0 Å². The normalized spacial score (nSPS) is 17.6. The van der Waals surface area contributed by atoms with Gasteiger partial charge < -0.3 is 14.8 Å². The molecule has 1 aromatic carbocycles. The number of hydrogen-bond donors (Lipinski definition) is 1. The van der Waals surface area contributed by atoms with Gasteiger partial charge in [-0.15, -0.1) is 0 Å². The molecule has 0 bridgehead atoms. The second-order valence-electron chi connectivity index (χ2n) is 5.64. The number of hydrogen-bond acceptors (Lipinski definition) is 3. The van der Waals surface area contributed by atoms with E-state index in [0.29, 0.717) is 12.3 Å². The third-order valence-corrected chi connectivity index (χ3v) is 3.58. The Morgan fingerprint density at radius 2 is 2.35 bits per heavy atom. The van der Waals surface area contributed by atoms with Gasteiger partial charge >= 0.3 is 0 Å².